The molecule has 3 nitrogen and oxygen atoms in total. The molecule has 0 aliphatic heterocycles. The zero-order chi connectivity index (χ0) is 14.3. The van der Waals surface area contributed by atoms with E-state index in [2.05, 4.69) is 11.9 Å². The summed E-state index contributed by atoms with van der Waals surface area (Å²) in [6.45, 7) is 2.15. The SMILES string of the molecule is CC(C1CCCCC1)n1c(N)nc2cc(Cl)c(F)cc21. The molecule has 20 heavy (non-hydrogen) atoms. The second-order valence-corrected chi connectivity index (χ2v) is 6.14. The van der Waals surface area contributed by atoms with Crippen molar-refractivity contribution in [3.05, 3.63) is 23.0 Å². The highest BCUT2D eigenvalue weighted by Gasteiger charge is 2.24. The molecule has 1 saturated carbocycles. The van der Waals surface area contributed by atoms with E-state index >= 15 is 0 Å². The summed E-state index contributed by atoms with van der Waals surface area (Å²) in [4.78, 5) is 4.32. The first-order valence-corrected chi connectivity index (χ1v) is 7.58. The summed E-state index contributed by atoms with van der Waals surface area (Å²) < 4.78 is 15.7. The largest absolute Gasteiger partial charge is 0.369 e. The molecule has 1 fully saturated rings. The van der Waals surface area contributed by atoms with Crippen LogP contribution in [-0.4, -0.2) is 9.55 Å². The molecule has 1 aromatic heterocycles. The molecule has 0 saturated heterocycles. The van der Waals surface area contributed by atoms with Crippen molar-refractivity contribution in [2.45, 2.75) is 45.1 Å². The van der Waals surface area contributed by atoms with Crippen LogP contribution in [0.15, 0.2) is 12.1 Å². The number of aromatic nitrogens is 2. The van der Waals surface area contributed by atoms with Gasteiger partial charge in [-0.3, -0.25) is 0 Å². The molecule has 1 unspecified atom stereocenters. The second-order valence-electron chi connectivity index (χ2n) is 5.73. The predicted molar refractivity (Wildman–Crippen MR) is 80.4 cm³/mol. The van der Waals surface area contributed by atoms with E-state index in [1.807, 2.05) is 4.57 Å². The van der Waals surface area contributed by atoms with Crippen molar-refractivity contribution in [1.82, 2.24) is 9.55 Å². The molecular weight excluding hydrogens is 277 g/mol. The fourth-order valence-electron chi connectivity index (χ4n) is 3.36. The van der Waals surface area contributed by atoms with Gasteiger partial charge in [0.15, 0.2) is 0 Å². The zero-order valence-corrected chi connectivity index (χ0v) is 12.3. The number of nitrogen functional groups attached to an aromatic ring is 1. The van der Waals surface area contributed by atoms with Crippen molar-refractivity contribution in [2.75, 3.05) is 5.73 Å². The summed E-state index contributed by atoms with van der Waals surface area (Å²) in [5.74, 6) is 0.609. The fourth-order valence-corrected chi connectivity index (χ4v) is 3.52. The highest BCUT2D eigenvalue weighted by Crippen LogP contribution is 2.36. The van der Waals surface area contributed by atoms with E-state index in [0.717, 1.165) is 5.52 Å². The Hall–Kier alpha value is -1.29. The van der Waals surface area contributed by atoms with Gasteiger partial charge in [-0.15, -0.1) is 0 Å². The van der Waals surface area contributed by atoms with Crippen molar-refractivity contribution in [1.29, 1.82) is 0 Å². The quantitative estimate of drug-likeness (QED) is 0.883. The molecule has 2 aromatic rings. The maximum atomic E-state index is 13.7. The molecule has 2 N–H and O–H groups in total. The van der Waals surface area contributed by atoms with Gasteiger partial charge in [-0.2, -0.15) is 0 Å². The molecule has 0 spiro atoms. The third kappa shape index (κ3) is 2.26. The Morgan fingerprint density at radius 3 is 2.75 bits per heavy atom. The highest BCUT2D eigenvalue weighted by atomic mass is 35.5. The number of anilines is 1. The number of rotatable bonds is 2. The first-order chi connectivity index (χ1) is 9.58. The van der Waals surface area contributed by atoms with Gasteiger partial charge in [0.25, 0.3) is 0 Å². The molecule has 1 aromatic carbocycles. The number of hydrogen-bond acceptors (Lipinski definition) is 2. The standard InChI is InChI=1S/C15H19ClFN3/c1-9(10-5-3-2-4-6-10)20-14-8-12(17)11(16)7-13(14)19-15(20)18/h7-10H,2-6H2,1H3,(H2,18,19). The number of nitrogens with two attached hydrogens (primary N) is 1. The monoisotopic (exact) mass is 295 g/mol. The maximum Gasteiger partial charge on any atom is 0.201 e. The summed E-state index contributed by atoms with van der Waals surface area (Å²) >= 11 is 5.81. The Labute approximate surface area is 122 Å². The van der Waals surface area contributed by atoms with Gasteiger partial charge in [0, 0.05) is 12.1 Å². The Balaban J connectivity index is 2.05. The van der Waals surface area contributed by atoms with Gasteiger partial charge in [0.05, 0.1) is 16.1 Å². The molecule has 5 heteroatoms. The summed E-state index contributed by atoms with van der Waals surface area (Å²) in [6, 6.07) is 3.23. The molecule has 0 radical (unpaired) electrons. The van der Waals surface area contributed by atoms with E-state index in [1.54, 1.807) is 6.07 Å². The molecule has 1 aliphatic carbocycles. The van der Waals surface area contributed by atoms with Gasteiger partial charge in [0.2, 0.25) is 5.95 Å². The summed E-state index contributed by atoms with van der Waals surface area (Å²) in [7, 11) is 0. The van der Waals surface area contributed by atoms with Crippen LogP contribution in [0.2, 0.25) is 5.02 Å². The Kier molecular flexibility index (Phi) is 3.59. The third-order valence-electron chi connectivity index (χ3n) is 4.50. The topological polar surface area (TPSA) is 43.8 Å². The summed E-state index contributed by atoms with van der Waals surface area (Å²) in [6.07, 6.45) is 6.25. The number of nitrogens with zero attached hydrogens (tertiary/aromatic N) is 2. The van der Waals surface area contributed by atoms with Crippen LogP contribution in [0.25, 0.3) is 11.0 Å². The maximum absolute atomic E-state index is 13.7. The summed E-state index contributed by atoms with van der Waals surface area (Å²) in [5, 5.41) is 0.0902. The lowest BCUT2D eigenvalue weighted by atomic mass is 9.84. The average Bonchev–Trinajstić information content (AvgIpc) is 2.75. The van der Waals surface area contributed by atoms with E-state index in [9.17, 15) is 4.39 Å². The number of imidazole rings is 1. The van der Waals surface area contributed by atoms with Crippen LogP contribution >= 0.6 is 11.6 Å². The molecule has 1 heterocycles. The number of hydrogen-bond donors (Lipinski definition) is 1. The smallest absolute Gasteiger partial charge is 0.201 e. The lowest BCUT2D eigenvalue weighted by Crippen LogP contribution is -2.20. The van der Waals surface area contributed by atoms with Gasteiger partial charge >= 0.3 is 0 Å². The van der Waals surface area contributed by atoms with Crippen molar-refractivity contribution >= 4 is 28.6 Å². The molecule has 1 aliphatic rings. The predicted octanol–water partition coefficient (Wildman–Crippen LogP) is 4.55. The van der Waals surface area contributed by atoms with Crippen molar-refractivity contribution < 1.29 is 4.39 Å². The fraction of sp³-hybridized carbons (Fsp3) is 0.533. The van der Waals surface area contributed by atoms with E-state index < -0.39 is 5.82 Å². The lowest BCUT2D eigenvalue weighted by Gasteiger charge is -2.29. The second kappa shape index (κ2) is 5.24. The van der Waals surface area contributed by atoms with Crippen LogP contribution in [-0.2, 0) is 0 Å². The first kappa shape index (κ1) is 13.7. The molecular formula is C15H19ClFN3. The lowest BCUT2D eigenvalue weighted by molar-refractivity contribution is 0.269. The minimum absolute atomic E-state index is 0.0902. The van der Waals surface area contributed by atoms with Crippen LogP contribution in [0.4, 0.5) is 10.3 Å². The van der Waals surface area contributed by atoms with Crippen molar-refractivity contribution in [3.63, 3.8) is 0 Å². The molecule has 0 bridgehead atoms. The van der Waals surface area contributed by atoms with Gasteiger partial charge < -0.3 is 10.3 Å². The van der Waals surface area contributed by atoms with Crippen molar-refractivity contribution in [2.24, 2.45) is 5.92 Å². The molecule has 1 atom stereocenters. The summed E-state index contributed by atoms with van der Waals surface area (Å²) in [5.41, 5.74) is 7.45. The average molecular weight is 296 g/mol. The number of benzene rings is 1. The van der Waals surface area contributed by atoms with Gasteiger partial charge in [-0.25, -0.2) is 9.37 Å². The Morgan fingerprint density at radius 1 is 1.35 bits per heavy atom. The van der Waals surface area contributed by atoms with E-state index in [4.69, 9.17) is 17.3 Å². The Bertz CT molecular complexity index is 632. The van der Waals surface area contributed by atoms with Crippen LogP contribution in [0.3, 0.4) is 0 Å². The van der Waals surface area contributed by atoms with Gasteiger partial charge in [0.1, 0.15) is 5.82 Å². The number of halogens is 2. The van der Waals surface area contributed by atoms with Crippen LogP contribution < -0.4 is 5.73 Å². The minimum Gasteiger partial charge on any atom is -0.369 e. The molecule has 3 rings (SSSR count). The van der Waals surface area contributed by atoms with Gasteiger partial charge in [-0.05, 0) is 31.7 Å². The van der Waals surface area contributed by atoms with Crippen LogP contribution in [0.1, 0.15) is 45.1 Å². The first-order valence-electron chi connectivity index (χ1n) is 7.20. The normalized spacial score (nSPS) is 18.6. The van der Waals surface area contributed by atoms with E-state index in [0.29, 0.717) is 17.4 Å². The van der Waals surface area contributed by atoms with Crippen LogP contribution in [0, 0.1) is 11.7 Å². The molecule has 108 valence electrons. The minimum atomic E-state index is -0.420. The Morgan fingerprint density at radius 2 is 2.05 bits per heavy atom. The molecule has 0 amide bonds. The zero-order valence-electron chi connectivity index (χ0n) is 11.6. The van der Waals surface area contributed by atoms with Gasteiger partial charge in [-0.1, -0.05) is 30.9 Å². The third-order valence-corrected chi connectivity index (χ3v) is 4.79. The van der Waals surface area contributed by atoms with Crippen LogP contribution in [0.5, 0.6) is 0 Å². The number of fused-ring (bicyclic) bond motifs is 1. The van der Waals surface area contributed by atoms with E-state index in [1.165, 1.54) is 38.2 Å². The van der Waals surface area contributed by atoms with E-state index in [-0.39, 0.29) is 11.1 Å². The van der Waals surface area contributed by atoms with Crippen molar-refractivity contribution in [3.8, 4) is 0 Å². The highest BCUT2D eigenvalue weighted by molar-refractivity contribution is 6.31.